The van der Waals surface area contributed by atoms with Gasteiger partial charge in [0.2, 0.25) is 0 Å². The molecule has 186 valence electrons. The average molecular weight is 468 g/mol. The molecule has 0 heterocycles. The van der Waals surface area contributed by atoms with Gasteiger partial charge in [0, 0.05) is 6.54 Å². The van der Waals surface area contributed by atoms with Crippen LogP contribution in [0.4, 0.5) is 0 Å². The Morgan fingerprint density at radius 2 is 1.03 bits per heavy atom. The Hall–Kier alpha value is -2.90. The third kappa shape index (κ3) is 6.41. The zero-order valence-corrected chi connectivity index (χ0v) is 23.3. The first kappa shape index (κ1) is 28.3. The highest BCUT2D eigenvalue weighted by atomic mass is 15.1. The lowest BCUT2D eigenvalue weighted by Crippen LogP contribution is -2.21. The number of hydrogen-bond donors (Lipinski definition) is 0. The van der Waals surface area contributed by atoms with Crippen molar-refractivity contribution in [3.63, 3.8) is 0 Å². The predicted octanol–water partition coefficient (Wildman–Crippen LogP) is 10.00. The van der Waals surface area contributed by atoms with Crippen molar-refractivity contribution in [2.24, 2.45) is 0 Å². The SMILES string of the molecule is CC.CC.CC.CCN(CC)Cc1ccc2cc3c(cc2c1)-c1ccccc1Cc1ccccc1-3. The van der Waals surface area contributed by atoms with Crippen molar-refractivity contribution in [2.45, 2.75) is 68.4 Å². The largest absolute Gasteiger partial charge is 0.300 e. The maximum atomic E-state index is 2.47. The zero-order valence-electron chi connectivity index (χ0n) is 23.3. The van der Waals surface area contributed by atoms with Gasteiger partial charge in [-0.05, 0) is 87.4 Å². The zero-order chi connectivity index (χ0) is 25.8. The average Bonchev–Trinajstić information content (AvgIpc) is 3.08. The molecule has 1 aliphatic carbocycles. The van der Waals surface area contributed by atoms with Gasteiger partial charge in [0.15, 0.2) is 0 Å². The van der Waals surface area contributed by atoms with Gasteiger partial charge in [0.05, 0.1) is 0 Å². The number of hydrogen-bond acceptors (Lipinski definition) is 1. The second kappa shape index (κ2) is 14.5. The Kier molecular flexibility index (Phi) is 11.7. The quantitative estimate of drug-likeness (QED) is 0.254. The molecule has 0 atom stereocenters. The first-order valence-electron chi connectivity index (χ1n) is 13.7. The lowest BCUT2D eigenvalue weighted by atomic mass is 9.91. The Balaban J connectivity index is 0.000000671. The fraction of sp³-hybridized carbons (Fsp3) is 0.353. The predicted molar refractivity (Wildman–Crippen MR) is 158 cm³/mol. The summed E-state index contributed by atoms with van der Waals surface area (Å²) in [7, 11) is 0. The van der Waals surface area contributed by atoms with Crippen LogP contribution in [0, 0.1) is 0 Å². The van der Waals surface area contributed by atoms with E-state index in [4.69, 9.17) is 0 Å². The molecule has 0 radical (unpaired) electrons. The summed E-state index contributed by atoms with van der Waals surface area (Å²) < 4.78 is 0. The Morgan fingerprint density at radius 1 is 0.543 bits per heavy atom. The van der Waals surface area contributed by atoms with Crippen molar-refractivity contribution in [1.29, 1.82) is 0 Å². The Labute approximate surface area is 214 Å². The van der Waals surface area contributed by atoms with E-state index in [1.807, 2.05) is 41.5 Å². The lowest BCUT2D eigenvalue weighted by molar-refractivity contribution is 0.296. The lowest BCUT2D eigenvalue weighted by Gasteiger charge is -2.19. The van der Waals surface area contributed by atoms with Crippen LogP contribution in [0.5, 0.6) is 0 Å². The molecule has 0 aromatic heterocycles. The van der Waals surface area contributed by atoms with Gasteiger partial charge < -0.3 is 0 Å². The molecule has 1 aliphatic rings. The molecule has 1 heteroatoms. The van der Waals surface area contributed by atoms with Crippen LogP contribution in [-0.2, 0) is 13.0 Å². The number of benzene rings is 4. The molecule has 0 aliphatic heterocycles. The van der Waals surface area contributed by atoms with E-state index in [0.29, 0.717) is 0 Å². The molecule has 35 heavy (non-hydrogen) atoms. The van der Waals surface area contributed by atoms with E-state index in [2.05, 4.69) is 97.6 Å². The van der Waals surface area contributed by atoms with Crippen LogP contribution in [0.2, 0.25) is 0 Å². The summed E-state index contributed by atoms with van der Waals surface area (Å²) in [6.07, 6.45) is 0.991. The molecule has 0 fully saturated rings. The summed E-state index contributed by atoms with van der Waals surface area (Å²) in [5.74, 6) is 0. The van der Waals surface area contributed by atoms with E-state index < -0.39 is 0 Å². The van der Waals surface area contributed by atoms with Crippen LogP contribution in [0.15, 0.2) is 78.9 Å². The second-order valence-electron chi connectivity index (χ2n) is 8.03. The fourth-order valence-corrected chi connectivity index (χ4v) is 4.68. The van der Waals surface area contributed by atoms with Crippen LogP contribution in [0.3, 0.4) is 0 Å². The van der Waals surface area contributed by atoms with Gasteiger partial charge in [-0.2, -0.15) is 0 Å². The van der Waals surface area contributed by atoms with Gasteiger partial charge in [-0.1, -0.05) is 116 Å². The van der Waals surface area contributed by atoms with Crippen LogP contribution in [0.25, 0.3) is 33.0 Å². The molecule has 1 nitrogen and oxygen atoms in total. The maximum Gasteiger partial charge on any atom is 0.0233 e. The molecule has 0 spiro atoms. The minimum Gasteiger partial charge on any atom is -0.300 e. The monoisotopic (exact) mass is 467 g/mol. The molecular weight excluding hydrogens is 422 g/mol. The van der Waals surface area contributed by atoms with E-state index in [1.165, 1.54) is 49.7 Å². The minimum atomic E-state index is 0.991. The first-order valence-corrected chi connectivity index (χ1v) is 13.7. The normalized spacial score (nSPS) is 10.8. The topological polar surface area (TPSA) is 3.24 Å². The number of rotatable bonds is 4. The first-order chi connectivity index (χ1) is 17.3. The van der Waals surface area contributed by atoms with Crippen molar-refractivity contribution in [3.8, 4) is 22.3 Å². The third-order valence-corrected chi connectivity index (χ3v) is 6.34. The summed E-state index contributed by atoms with van der Waals surface area (Å²) in [6.45, 7) is 19.7. The van der Waals surface area contributed by atoms with E-state index >= 15 is 0 Å². The van der Waals surface area contributed by atoms with Gasteiger partial charge in [0.1, 0.15) is 0 Å². The third-order valence-electron chi connectivity index (χ3n) is 6.34. The van der Waals surface area contributed by atoms with Crippen LogP contribution < -0.4 is 0 Å². The van der Waals surface area contributed by atoms with Gasteiger partial charge >= 0.3 is 0 Å². The molecule has 0 saturated carbocycles. The van der Waals surface area contributed by atoms with Gasteiger partial charge in [-0.15, -0.1) is 0 Å². The molecule has 0 unspecified atom stereocenters. The Morgan fingerprint density at radius 3 is 1.54 bits per heavy atom. The van der Waals surface area contributed by atoms with E-state index in [9.17, 15) is 0 Å². The molecular formula is C34H45N. The standard InChI is InChI=1S/C28H27N.3C2H6/c1-3-29(4-2)19-20-13-14-21-17-27-25-11-7-5-9-22(25)16-23-10-6-8-12-26(23)28(27)18-24(21)15-20;3*1-2/h5-15,17-18H,3-4,16,19H2,1-2H3;3*1-2H3. The van der Waals surface area contributed by atoms with Crippen molar-refractivity contribution in [3.05, 3.63) is 95.6 Å². The van der Waals surface area contributed by atoms with E-state index in [-0.39, 0.29) is 0 Å². The summed E-state index contributed by atoms with van der Waals surface area (Å²) in [5.41, 5.74) is 9.67. The van der Waals surface area contributed by atoms with Gasteiger partial charge in [-0.25, -0.2) is 0 Å². The maximum absolute atomic E-state index is 2.47. The fourth-order valence-electron chi connectivity index (χ4n) is 4.68. The highest BCUT2D eigenvalue weighted by Gasteiger charge is 2.19. The summed E-state index contributed by atoms with van der Waals surface area (Å²) in [4.78, 5) is 2.47. The number of nitrogens with zero attached hydrogens (tertiary/aromatic N) is 1. The van der Waals surface area contributed by atoms with Crippen LogP contribution in [-0.4, -0.2) is 18.0 Å². The van der Waals surface area contributed by atoms with Crippen molar-refractivity contribution >= 4 is 10.8 Å². The van der Waals surface area contributed by atoms with E-state index in [1.54, 1.807) is 0 Å². The van der Waals surface area contributed by atoms with Gasteiger partial charge in [-0.3, -0.25) is 4.90 Å². The summed E-state index contributed by atoms with van der Waals surface area (Å²) in [5, 5.41) is 2.66. The molecule has 0 amide bonds. The molecule has 5 rings (SSSR count). The number of fused-ring (bicyclic) bond motifs is 6. The minimum absolute atomic E-state index is 0.991. The summed E-state index contributed by atoms with van der Waals surface area (Å²) >= 11 is 0. The van der Waals surface area contributed by atoms with Crippen molar-refractivity contribution < 1.29 is 0 Å². The summed E-state index contributed by atoms with van der Waals surface area (Å²) in [6, 6.07) is 29.6. The molecule has 0 saturated heterocycles. The second-order valence-corrected chi connectivity index (χ2v) is 8.03. The van der Waals surface area contributed by atoms with E-state index in [0.717, 1.165) is 26.1 Å². The molecule has 0 bridgehead atoms. The molecule has 0 N–H and O–H groups in total. The highest BCUT2D eigenvalue weighted by Crippen LogP contribution is 2.42. The Bertz CT molecular complexity index is 1180. The van der Waals surface area contributed by atoms with Gasteiger partial charge in [0.25, 0.3) is 0 Å². The van der Waals surface area contributed by atoms with Crippen LogP contribution in [0.1, 0.15) is 72.1 Å². The smallest absolute Gasteiger partial charge is 0.0233 e. The molecule has 4 aromatic carbocycles. The van der Waals surface area contributed by atoms with Crippen molar-refractivity contribution in [1.82, 2.24) is 4.90 Å². The highest BCUT2D eigenvalue weighted by molar-refractivity contribution is 5.98. The van der Waals surface area contributed by atoms with Crippen LogP contribution >= 0.6 is 0 Å². The van der Waals surface area contributed by atoms with Crippen molar-refractivity contribution in [2.75, 3.05) is 13.1 Å². The molecule has 4 aromatic rings.